The fourth-order valence-corrected chi connectivity index (χ4v) is 6.31. The van der Waals surface area contributed by atoms with Gasteiger partial charge in [-0.1, -0.05) is 12.1 Å². The number of carbonyl (C=O) groups is 1. The summed E-state index contributed by atoms with van der Waals surface area (Å²) < 4.78 is 12.8. The molecule has 0 aliphatic carbocycles. The molecule has 3 heterocycles. The number of aliphatic hydroxyl groups excluding tert-OH is 1. The molecule has 1 aliphatic heterocycles. The number of rotatable bonds is 9. The van der Waals surface area contributed by atoms with E-state index < -0.39 is 6.10 Å². The number of ether oxygens (including phenoxy) is 2. The number of piperidine rings is 1. The van der Waals surface area contributed by atoms with Crippen LogP contribution in [0, 0.1) is 0 Å². The van der Waals surface area contributed by atoms with E-state index in [1.807, 2.05) is 47.7 Å². The molecule has 1 saturated heterocycles. The number of aromatic amines is 1. The van der Waals surface area contributed by atoms with E-state index in [1.54, 1.807) is 7.11 Å². The SMILES string of the molecule is COc1cccc2sc([C@@H]3CCN(C[C@H](O)COc4cccc5[nH]c(NC=O)cc45)[C@H](C)C3)cc12. The highest BCUT2D eigenvalue weighted by atomic mass is 32.1. The van der Waals surface area contributed by atoms with Crippen molar-refractivity contribution in [3.05, 3.63) is 53.4 Å². The molecule has 8 heteroatoms. The van der Waals surface area contributed by atoms with Crippen molar-refractivity contribution in [1.29, 1.82) is 0 Å². The molecule has 4 aromatic rings. The van der Waals surface area contributed by atoms with Gasteiger partial charge in [0, 0.05) is 32.9 Å². The van der Waals surface area contributed by atoms with E-state index in [2.05, 4.69) is 34.3 Å². The van der Waals surface area contributed by atoms with Crippen molar-refractivity contribution >= 4 is 44.6 Å². The Hall–Kier alpha value is -3.07. The molecular formula is C27H31N3O4S. The fourth-order valence-electron chi connectivity index (χ4n) is 5.09. The topological polar surface area (TPSA) is 86.8 Å². The maximum absolute atomic E-state index is 10.7. The van der Waals surface area contributed by atoms with Crippen LogP contribution in [0.4, 0.5) is 5.82 Å². The first kappa shape index (κ1) is 23.7. The van der Waals surface area contributed by atoms with Gasteiger partial charge in [0.05, 0.1) is 12.6 Å². The van der Waals surface area contributed by atoms with Gasteiger partial charge in [-0.3, -0.25) is 9.69 Å². The molecule has 5 rings (SSSR count). The van der Waals surface area contributed by atoms with Gasteiger partial charge in [0.1, 0.15) is 30.0 Å². The molecule has 7 nitrogen and oxygen atoms in total. The highest BCUT2D eigenvalue weighted by Crippen LogP contribution is 2.40. The van der Waals surface area contributed by atoms with Crippen molar-refractivity contribution in [2.45, 2.75) is 37.8 Å². The summed E-state index contributed by atoms with van der Waals surface area (Å²) >= 11 is 1.87. The van der Waals surface area contributed by atoms with Gasteiger partial charge in [0.25, 0.3) is 0 Å². The Morgan fingerprint density at radius 3 is 2.86 bits per heavy atom. The van der Waals surface area contributed by atoms with E-state index in [9.17, 15) is 9.90 Å². The first-order chi connectivity index (χ1) is 17.1. The average molecular weight is 494 g/mol. The van der Waals surface area contributed by atoms with Crippen molar-refractivity contribution in [3.8, 4) is 11.5 Å². The summed E-state index contributed by atoms with van der Waals surface area (Å²) in [5.41, 5.74) is 0.871. The molecule has 2 aromatic heterocycles. The van der Waals surface area contributed by atoms with Crippen LogP contribution in [-0.4, -0.2) is 60.4 Å². The van der Waals surface area contributed by atoms with Crippen LogP contribution in [-0.2, 0) is 4.79 Å². The highest BCUT2D eigenvalue weighted by Gasteiger charge is 2.29. The molecule has 0 spiro atoms. The largest absolute Gasteiger partial charge is 0.496 e. The number of anilines is 1. The molecule has 35 heavy (non-hydrogen) atoms. The molecule has 1 fully saturated rings. The molecule has 3 atom stereocenters. The number of benzene rings is 2. The number of methoxy groups -OCH3 is 1. The van der Waals surface area contributed by atoms with Crippen LogP contribution in [0.2, 0.25) is 0 Å². The molecule has 0 bridgehead atoms. The Bertz CT molecular complexity index is 1320. The maximum Gasteiger partial charge on any atom is 0.212 e. The van der Waals surface area contributed by atoms with Gasteiger partial charge >= 0.3 is 0 Å². The Morgan fingerprint density at radius 1 is 1.23 bits per heavy atom. The molecule has 0 unspecified atom stereocenters. The minimum atomic E-state index is -0.593. The number of hydrogen-bond acceptors (Lipinski definition) is 6. The van der Waals surface area contributed by atoms with E-state index in [1.165, 1.54) is 15.0 Å². The number of nitrogens with zero attached hydrogens (tertiary/aromatic N) is 1. The summed E-state index contributed by atoms with van der Waals surface area (Å²) in [5, 5.41) is 15.4. The Balaban J connectivity index is 1.18. The lowest BCUT2D eigenvalue weighted by atomic mass is 9.90. The van der Waals surface area contributed by atoms with E-state index in [0.717, 1.165) is 36.0 Å². The summed E-state index contributed by atoms with van der Waals surface area (Å²) in [6, 6.07) is 16.4. The van der Waals surface area contributed by atoms with Crippen LogP contribution >= 0.6 is 11.3 Å². The molecule has 184 valence electrons. The molecule has 0 radical (unpaired) electrons. The third kappa shape index (κ3) is 5.00. The van der Waals surface area contributed by atoms with Gasteiger partial charge in [-0.25, -0.2) is 0 Å². The van der Waals surface area contributed by atoms with E-state index in [4.69, 9.17) is 9.47 Å². The number of amides is 1. The minimum absolute atomic E-state index is 0.212. The summed E-state index contributed by atoms with van der Waals surface area (Å²) in [7, 11) is 1.72. The second-order valence-corrected chi connectivity index (χ2v) is 10.3. The second kappa shape index (κ2) is 10.3. The van der Waals surface area contributed by atoms with Crippen molar-refractivity contribution < 1.29 is 19.4 Å². The third-order valence-electron chi connectivity index (χ3n) is 6.89. The summed E-state index contributed by atoms with van der Waals surface area (Å²) in [5.74, 6) is 2.76. The smallest absolute Gasteiger partial charge is 0.212 e. The van der Waals surface area contributed by atoms with Gasteiger partial charge in [0.15, 0.2) is 0 Å². The first-order valence-corrected chi connectivity index (χ1v) is 12.8. The monoisotopic (exact) mass is 493 g/mol. The minimum Gasteiger partial charge on any atom is -0.496 e. The number of likely N-dealkylation sites (tertiary alicyclic amines) is 1. The van der Waals surface area contributed by atoms with Gasteiger partial charge < -0.3 is 24.9 Å². The van der Waals surface area contributed by atoms with Gasteiger partial charge in [-0.15, -0.1) is 11.3 Å². The second-order valence-electron chi connectivity index (χ2n) is 9.21. The average Bonchev–Trinajstić information content (AvgIpc) is 3.48. The molecule has 1 amide bonds. The van der Waals surface area contributed by atoms with E-state index >= 15 is 0 Å². The van der Waals surface area contributed by atoms with Crippen LogP contribution in [0.3, 0.4) is 0 Å². The van der Waals surface area contributed by atoms with E-state index in [-0.39, 0.29) is 6.61 Å². The summed E-state index contributed by atoms with van der Waals surface area (Å²) in [4.78, 5) is 17.6. The van der Waals surface area contributed by atoms with Gasteiger partial charge in [0.2, 0.25) is 6.41 Å². The predicted molar refractivity (Wildman–Crippen MR) is 141 cm³/mol. The predicted octanol–water partition coefficient (Wildman–Crippen LogP) is 4.97. The lowest BCUT2D eigenvalue weighted by Gasteiger charge is -2.38. The lowest BCUT2D eigenvalue weighted by molar-refractivity contribution is -0.105. The number of thiophene rings is 1. The molecule has 3 N–H and O–H groups in total. The number of β-amino-alcohol motifs (C(OH)–C–C–N with tert-alkyl or cyclic N) is 1. The normalized spacial score (nSPS) is 19.6. The standard InChI is InChI=1S/C27H31N3O4S/c1-17-11-18(26-12-21-23(33-2)6-4-8-25(21)35-26)9-10-30(17)14-19(32)15-34-24-7-3-5-22-20(24)13-27(29-22)28-16-31/h3-8,12-13,16-19,29,32H,9-11,14-15H2,1-2H3,(H,28,31)/t17-,18-,19+/m1/s1. The van der Waals surface area contributed by atoms with Crippen LogP contribution < -0.4 is 14.8 Å². The number of aromatic nitrogens is 1. The number of nitrogens with one attached hydrogen (secondary N) is 2. The molecular weight excluding hydrogens is 462 g/mol. The Morgan fingerprint density at radius 2 is 2.06 bits per heavy atom. The zero-order chi connectivity index (χ0) is 24.4. The fraction of sp³-hybridized carbons (Fsp3) is 0.370. The maximum atomic E-state index is 10.7. The number of fused-ring (bicyclic) bond motifs is 2. The number of hydrogen-bond donors (Lipinski definition) is 3. The van der Waals surface area contributed by atoms with Crippen LogP contribution in [0.5, 0.6) is 11.5 Å². The molecule has 2 aromatic carbocycles. The lowest BCUT2D eigenvalue weighted by Crippen LogP contribution is -2.45. The zero-order valence-electron chi connectivity index (χ0n) is 20.0. The van der Waals surface area contributed by atoms with Crippen LogP contribution in [0.15, 0.2) is 48.5 Å². The van der Waals surface area contributed by atoms with E-state index in [0.29, 0.717) is 36.5 Å². The van der Waals surface area contributed by atoms with Gasteiger partial charge in [-0.05, 0) is 68.6 Å². The van der Waals surface area contributed by atoms with Crippen LogP contribution in [0.25, 0.3) is 21.0 Å². The van der Waals surface area contributed by atoms with Crippen molar-refractivity contribution in [2.24, 2.45) is 0 Å². The van der Waals surface area contributed by atoms with Crippen molar-refractivity contribution in [2.75, 3.05) is 32.1 Å². The van der Waals surface area contributed by atoms with Crippen molar-refractivity contribution in [1.82, 2.24) is 9.88 Å². The summed E-state index contributed by atoms with van der Waals surface area (Å²) in [6.07, 6.45) is 2.18. The summed E-state index contributed by atoms with van der Waals surface area (Å²) in [6.45, 7) is 3.98. The Kier molecular flexibility index (Phi) is 6.95. The first-order valence-electron chi connectivity index (χ1n) is 12.0. The number of H-pyrrole nitrogens is 1. The quantitative estimate of drug-likeness (QED) is 0.287. The number of aliphatic hydroxyl groups is 1. The van der Waals surface area contributed by atoms with Crippen LogP contribution in [0.1, 0.15) is 30.6 Å². The molecule has 1 aliphatic rings. The number of carbonyl (C=O) groups excluding carboxylic acids is 1. The van der Waals surface area contributed by atoms with Gasteiger partial charge in [-0.2, -0.15) is 0 Å². The Labute approximate surface area is 208 Å². The van der Waals surface area contributed by atoms with Crippen molar-refractivity contribution in [3.63, 3.8) is 0 Å². The molecule has 0 saturated carbocycles. The zero-order valence-corrected chi connectivity index (χ0v) is 20.8. The third-order valence-corrected chi connectivity index (χ3v) is 8.15. The highest BCUT2D eigenvalue weighted by molar-refractivity contribution is 7.19.